The first-order valence-electron chi connectivity index (χ1n) is 13.7. The highest BCUT2D eigenvalue weighted by atomic mass is 16.4. The number of allylic oxidation sites excluding steroid dienone is 2. The lowest BCUT2D eigenvalue weighted by molar-refractivity contribution is -0.138. The molecule has 0 aromatic heterocycles. The molecule has 1 aliphatic carbocycles. The minimum Gasteiger partial charge on any atom is -0.481 e. The van der Waals surface area contributed by atoms with E-state index in [0.717, 1.165) is 38.0 Å². The minimum atomic E-state index is -0.678. The van der Waals surface area contributed by atoms with Gasteiger partial charge in [0, 0.05) is 6.42 Å². The van der Waals surface area contributed by atoms with Crippen molar-refractivity contribution in [3.05, 3.63) is 48.0 Å². The second kappa shape index (κ2) is 16.9. The van der Waals surface area contributed by atoms with Gasteiger partial charge in [0.1, 0.15) is 0 Å². The number of hydrogen-bond acceptors (Lipinski definition) is 2. The van der Waals surface area contributed by atoms with E-state index in [9.17, 15) is 9.90 Å². The zero-order chi connectivity index (χ0) is 23.7. The maximum absolute atomic E-state index is 11.6. The Hall–Kier alpha value is -1.61. The zero-order valence-corrected chi connectivity index (χ0v) is 21.1. The lowest BCUT2D eigenvalue weighted by Gasteiger charge is -2.27. The van der Waals surface area contributed by atoms with E-state index in [2.05, 4.69) is 43.3 Å². The third-order valence-corrected chi connectivity index (χ3v) is 7.91. The molecule has 0 aliphatic heterocycles. The van der Waals surface area contributed by atoms with Gasteiger partial charge in [0.05, 0.1) is 0 Å². The molecule has 0 amide bonds. The Bertz CT molecular complexity index is 651. The van der Waals surface area contributed by atoms with E-state index in [1.807, 2.05) is 6.07 Å². The van der Waals surface area contributed by atoms with Gasteiger partial charge >= 0.3 is 5.97 Å². The van der Waals surface area contributed by atoms with Crippen molar-refractivity contribution in [2.24, 2.45) is 29.4 Å². The van der Waals surface area contributed by atoms with Crippen molar-refractivity contribution < 1.29 is 9.90 Å². The van der Waals surface area contributed by atoms with Gasteiger partial charge in [-0.25, -0.2) is 0 Å². The summed E-state index contributed by atoms with van der Waals surface area (Å²) in [5.41, 5.74) is 7.26. The van der Waals surface area contributed by atoms with E-state index in [1.54, 1.807) is 0 Å². The van der Waals surface area contributed by atoms with Gasteiger partial charge in [-0.3, -0.25) is 4.79 Å². The molecule has 3 heteroatoms. The largest absolute Gasteiger partial charge is 0.481 e. The fourth-order valence-corrected chi connectivity index (χ4v) is 5.71. The molecule has 33 heavy (non-hydrogen) atoms. The number of hydrogen-bond donors (Lipinski definition) is 2. The Morgan fingerprint density at radius 3 is 2.45 bits per heavy atom. The highest BCUT2D eigenvalue weighted by molar-refractivity contribution is 5.67. The Morgan fingerprint density at radius 2 is 1.79 bits per heavy atom. The van der Waals surface area contributed by atoms with Crippen molar-refractivity contribution in [3.8, 4) is 0 Å². The van der Waals surface area contributed by atoms with Crippen LogP contribution >= 0.6 is 0 Å². The van der Waals surface area contributed by atoms with E-state index in [-0.39, 0.29) is 12.3 Å². The average molecular weight is 456 g/mol. The highest BCUT2D eigenvalue weighted by Crippen LogP contribution is 2.32. The van der Waals surface area contributed by atoms with E-state index in [4.69, 9.17) is 5.73 Å². The fraction of sp³-hybridized carbons (Fsp3) is 0.700. The summed E-state index contributed by atoms with van der Waals surface area (Å²) in [6.45, 7) is 2.94. The summed E-state index contributed by atoms with van der Waals surface area (Å²) in [7, 11) is 0. The molecule has 0 saturated heterocycles. The number of aliphatic carboxylic acids is 1. The smallest absolute Gasteiger partial charge is 0.303 e. The summed E-state index contributed by atoms with van der Waals surface area (Å²) in [6.07, 6.45) is 22.3. The van der Waals surface area contributed by atoms with Crippen LogP contribution in [0.4, 0.5) is 0 Å². The first-order valence-corrected chi connectivity index (χ1v) is 13.7. The summed E-state index contributed by atoms with van der Waals surface area (Å²) < 4.78 is 0. The van der Waals surface area contributed by atoms with Crippen LogP contribution in [0.1, 0.15) is 102 Å². The topological polar surface area (TPSA) is 63.3 Å². The molecule has 1 saturated carbocycles. The van der Waals surface area contributed by atoms with Gasteiger partial charge in [0.15, 0.2) is 0 Å². The molecule has 0 heterocycles. The Kier molecular flexibility index (Phi) is 14.2. The van der Waals surface area contributed by atoms with Crippen molar-refractivity contribution in [2.45, 2.75) is 103 Å². The van der Waals surface area contributed by atoms with Crippen molar-refractivity contribution >= 4 is 5.97 Å². The number of benzene rings is 1. The van der Waals surface area contributed by atoms with Crippen LogP contribution in [0.25, 0.3) is 0 Å². The normalized spacial score (nSPS) is 17.8. The van der Waals surface area contributed by atoms with Crippen molar-refractivity contribution in [1.82, 2.24) is 0 Å². The van der Waals surface area contributed by atoms with Crippen LogP contribution in [-0.4, -0.2) is 17.6 Å². The van der Waals surface area contributed by atoms with E-state index in [1.165, 1.54) is 63.4 Å². The van der Waals surface area contributed by atoms with E-state index in [0.29, 0.717) is 18.4 Å². The highest BCUT2D eigenvalue weighted by Gasteiger charge is 2.24. The summed E-state index contributed by atoms with van der Waals surface area (Å²) in [6, 6.07) is 10.4. The maximum Gasteiger partial charge on any atom is 0.303 e. The van der Waals surface area contributed by atoms with Crippen molar-refractivity contribution in [2.75, 3.05) is 6.54 Å². The third-order valence-electron chi connectivity index (χ3n) is 7.91. The second-order valence-corrected chi connectivity index (χ2v) is 10.4. The Balaban J connectivity index is 1.81. The summed E-state index contributed by atoms with van der Waals surface area (Å²) >= 11 is 0. The third kappa shape index (κ3) is 11.9. The molecule has 0 bridgehead atoms. The first kappa shape index (κ1) is 27.6. The van der Waals surface area contributed by atoms with Crippen LogP contribution in [0.2, 0.25) is 0 Å². The van der Waals surface area contributed by atoms with Gasteiger partial charge in [0.25, 0.3) is 0 Å². The Labute approximate surface area is 203 Å². The molecule has 0 radical (unpaired) electrons. The molecule has 1 fully saturated rings. The molecule has 3 nitrogen and oxygen atoms in total. The lowest BCUT2D eigenvalue weighted by Crippen LogP contribution is -2.23. The van der Waals surface area contributed by atoms with Crippen LogP contribution < -0.4 is 5.73 Å². The number of carbonyl (C=O) groups is 1. The number of rotatable bonds is 17. The van der Waals surface area contributed by atoms with Crippen LogP contribution in [0, 0.1) is 23.7 Å². The van der Waals surface area contributed by atoms with Gasteiger partial charge in [0.2, 0.25) is 0 Å². The zero-order valence-electron chi connectivity index (χ0n) is 21.1. The number of nitrogens with two attached hydrogens (primary N) is 1. The monoisotopic (exact) mass is 455 g/mol. The molecule has 3 unspecified atom stereocenters. The second-order valence-electron chi connectivity index (χ2n) is 10.4. The van der Waals surface area contributed by atoms with Gasteiger partial charge < -0.3 is 10.8 Å². The summed E-state index contributed by atoms with van der Waals surface area (Å²) in [4.78, 5) is 11.6. The van der Waals surface area contributed by atoms with Crippen LogP contribution in [0.3, 0.4) is 0 Å². The first-order chi connectivity index (χ1) is 16.1. The molecule has 0 spiro atoms. The molecule has 1 aromatic carbocycles. The predicted molar refractivity (Wildman–Crippen MR) is 140 cm³/mol. The number of aryl methyl sites for hydroxylation is 1. The molecule has 186 valence electrons. The summed E-state index contributed by atoms with van der Waals surface area (Å²) in [5.74, 6) is 1.58. The van der Waals surface area contributed by atoms with Crippen LogP contribution in [0.5, 0.6) is 0 Å². The molecular formula is C30H49NO2. The quantitative estimate of drug-likeness (QED) is 0.236. The van der Waals surface area contributed by atoms with Gasteiger partial charge in [-0.1, -0.05) is 87.9 Å². The van der Waals surface area contributed by atoms with Crippen molar-refractivity contribution in [1.29, 1.82) is 0 Å². The number of carboxylic acids is 1. The standard InChI is InChI=1S/C30H49NO2/c1-2-25(12-6-3-7-13-26-14-8-4-9-15-26)18-20-28(22-23-31)29(24-30(32)33)21-19-27-16-10-5-11-17-27/h3,5-6,10-11,16-17,25-26,28-29H,2,4,7-9,12-15,18-24,31H2,1H3,(H,32,33). The molecular weight excluding hydrogens is 406 g/mol. The molecule has 1 aromatic rings. The van der Waals surface area contributed by atoms with Crippen LogP contribution in [-0.2, 0) is 11.2 Å². The molecule has 1 aliphatic rings. The average Bonchev–Trinajstić information content (AvgIpc) is 2.83. The number of carboxylic acid groups (broad SMARTS) is 1. The Morgan fingerprint density at radius 1 is 1.03 bits per heavy atom. The minimum absolute atomic E-state index is 0.204. The lowest BCUT2D eigenvalue weighted by atomic mass is 9.78. The van der Waals surface area contributed by atoms with Crippen molar-refractivity contribution in [3.63, 3.8) is 0 Å². The van der Waals surface area contributed by atoms with Gasteiger partial charge in [-0.2, -0.15) is 0 Å². The molecule has 2 rings (SSSR count). The van der Waals surface area contributed by atoms with Crippen LogP contribution in [0.15, 0.2) is 42.5 Å². The van der Waals surface area contributed by atoms with E-state index < -0.39 is 5.97 Å². The summed E-state index contributed by atoms with van der Waals surface area (Å²) in [5, 5.41) is 9.54. The van der Waals surface area contributed by atoms with Gasteiger partial charge in [-0.15, -0.1) is 0 Å². The molecule has 3 N–H and O–H groups in total. The maximum atomic E-state index is 11.6. The fourth-order valence-electron chi connectivity index (χ4n) is 5.71. The van der Waals surface area contributed by atoms with Gasteiger partial charge in [-0.05, 0) is 87.1 Å². The molecule has 3 atom stereocenters. The van der Waals surface area contributed by atoms with E-state index >= 15 is 0 Å². The predicted octanol–water partition coefficient (Wildman–Crippen LogP) is 7.79. The SMILES string of the molecule is CCC(CC=CCCC1CCCCC1)CCC(CCN)C(CCc1ccccc1)CC(=O)O.